The Morgan fingerprint density at radius 1 is 1.20 bits per heavy atom. The van der Waals surface area contributed by atoms with E-state index in [4.69, 9.17) is 28.3 Å². The first kappa shape index (κ1) is 14.8. The van der Waals surface area contributed by atoms with Crippen molar-refractivity contribution >= 4 is 29.2 Å². The first-order valence-corrected chi connectivity index (χ1v) is 6.70. The molecule has 1 aromatic heterocycles. The van der Waals surface area contributed by atoms with E-state index in [2.05, 4.69) is 9.97 Å². The van der Waals surface area contributed by atoms with Crippen molar-refractivity contribution in [2.75, 3.05) is 0 Å². The van der Waals surface area contributed by atoms with Crippen LogP contribution in [0.4, 0.5) is 0 Å². The van der Waals surface area contributed by atoms with Crippen molar-refractivity contribution in [3.05, 3.63) is 45.7 Å². The zero-order valence-electron chi connectivity index (χ0n) is 10.9. The lowest BCUT2D eigenvalue weighted by Gasteiger charge is -2.10. The number of hydrogen-bond donors (Lipinski definition) is 1. The number of nitrogens with zero attached hydrogens (tertiary/aromatic N) is 2. The number of benzene rings is 1. The maximum atomic E-state index is 11.2. The standard InChI is InChI=1S/C14H12Cl2N2O2/c1-7(2)12-11(14(19)20)6-17-13(18-12)8-3-9(15)5-10(16)4-8/h3-7H,1-2H3,(H,19,20). The highest BCUT2D eigenvalue weighted by Gasteiger charge is 2.17. The third-order valence-corrected chi connectivity index (χ3v) is 3.15. The highest BCUT2D eigenvalue weighted by molar-refractivity contribution is 6.35. The molecule has 0 bridgehead atoms. The van der Waals surface area contributed by atoms with Crippen molar-refractivity contribution in [2.45, 2.75) is 19.8 Å². The number of aromatic carboxylic acids is 1. The van der Waals surface area contributed by atoms with Crippen molar-refractivity contribution in [1.82, 2.24) is 9.97 Å². The predicted molar refractivity (Wildman–Crippen MR) is 78.5 cm³/mol. The van der Waals surface area contributed by atoms with E-state index in [1.54, 1.807) is 18.2 Å². The highest BCUT2D eigenvalue weighted by atomic mass is 35.5. The lowest BCUT2D eigenvalue weighted by Crippen LogP contribution is -2.08. The molecule has 20 heavy (non-hydrogen) atoms. The fourth-order valence-corrected chi connectivity index (χ4v) is 2.35. The van der Waals surface area contributed by atoms with E-state index in [-0.39, 0.29) is 11.5 Å². The molecule has 0 saturated heterocycles. The Bertz CT molecular complexity index is 652. The molecule has 0 amide bonds. The van der Waals surface area contributed by atoms with Crippen LogP contribution in [0.25, 0.3) is 11.4 Å². The third-order valence-electron chi connectivity index (χ3n) is 2.72. The SMILES string of the molecule is CC(C)c1nc(-c2cc(Cl)cc(Cl)c2)ncc1C(=O)O. The average Bonchev–Trinajstić information content (AvgIpc) is 2.36. The summed E-state index contributed by atoms with van der Waals surface area (Å²) in [4.78, 5) is 19.6. The lowest BCUT2D eigenvalue weighted by atomic mass is 10.0. The quantitative estimate of drug-likeness (QED) is 0.919. The largest absolute Gasteiger partial charge is 0.478 e. The van der Waals surface area contributed by atoms with E-state index in [1.807, 2.05) is 13.8 Å². The molecule has 2 aromatic rings. The Balaban J connectivity index is 2.58. The first-order valence-electron chi connectivity index (χ1n) is 5.95. The van der Waals surface area contributed by atoms with Crippen molar-refractivity contribution in [1.29, 1.82) is 0 Å². The molecule has 0 unspecified atom stereocenters. The van der Waals surface area contributed by atoms with Crippen molar-refractivity contribution in [3.8, 4) is 11.4 Å². The van der Waals surface area contributed by atoms with Crippen LogP contribution >= 0.6 is 23.2 Å². The van der Waals surface area contributed by atoms with Crippen LogP contribution in [0, 0.1) is 0 Å². The third kappa shape index (κ3) is 3.08. The molecule has 1 aromatic carbocycles. The number of hydrogen-bond acceptors (Lipinski definition) is 3. The maximum Gasteiger partial charge on any atom is 0.339 e. The van der Waals surface area contributed by atoms with Crippen molar-refractivity contribution < 1.29 is 9.90 Å². The molecule has 0 aliphatic rings. The van der Waals surface area contributed by atoms with Gasteiger partial charge in [-0.2, -0.15) is 0 Å². The molecule has 0 aliphatic heterocycles. The van der Waals surface area contributed by atoms with Gasteiger partial charge >= 0.3 is 5.97 Å². The fraction of sp³-hybridized carbons (Fsp3) is 0.214. The van der Waals surface area contributed by atoms with Gasteiger partial charge in [-0.05, 0) is 24.1 Å². The van der Waals surface area contributed by atoms with Crippen LogP contribution in [0.1, 0.15) is 35.8 Å². The molecule has 4 nitrogen and oxygen atoms in total. The molecule has 1 N–H and O–H groups in total. The zero-order chi connectivity index (χ0) is 14.9. The number of halogens is 2. The van der Waals surface area contributed by atoms with Gasteiger partial charge in [-0.25, -0.2) is 14.8 Å². The van der Waals surface area contributed by atoms with Crippen LogP contribution in [0.15, 0.2) is 24.4 Å². The number of rotatable bonds is 3. The number of aromatic nitrogens is 2. The van der Waals surface area contributed by atoms with Gasteiger partial charge in [0, 0.05) is 21.8 Å². The van der Waals surface area contributed by atoms with Gasteiger partial charge in [-0.15, -0.1) is 0 Å². The van der Waals surface area contributed by atoms with Gasteiger partial charge in [0.1, 0.15) is 0 Å². The second kappa shape index (κ2) is 5.77. The van der Waals surface area contributed by atoms with Crippen LogP contribution in [-0.2, 0) is 0 Å². The van der Waals surface area contributed by atoms with Gasteiger partial charge < -0.3 is 5.11 Å². The molecular weight excluding hydrogens is 299 g/mol. The summed E-state index contributed by atoms with van der Waals surface area (Å²) in [5.41, 5.74) is 1.25. The summed E-state index contributed by atoms with van der Waals surface area (Å²) in [5.74, 6) is -0.662. The highest BCUT2D eigenvalue weighted by Crippen LogP contribution is 2.26. The van der Waals surface area contributed by atoms with Gasteiger partial charge in [0.05, 0.1) is 11.3 Å². The summed E-state index contributed by atoms with van der Waals surface area (Å²) in [7, 11) is 0. The first-order chi connectivity index (χ1) is 9.38. The molecule has 2 rings (SSSR count). The van der Waals surface area contributed by atoms with E-state index < -0.39 is 5.97 Å². The van der Waals surface area contributed by atoms with Gasteiger partial charge in [0.25, 0.3) is 0 Å². The van der Waals surface area contributed by atoms with Gasteiger partial charge in [-0.3, -0.25) is 0 Å². The molecule has 6 heteroatoms. The second-order valence-corrected chi connectivity index (χ2v) is 5.48. The Morgan fingerprint density at radius 2 is 1.80 bits per heavy atom. The van der Waals surface area contributed by atoms with E-state index in [9.17, 15) is 4.79 Å². The molecule has 1 heterocycles. The Kier molecular flexibility index (Phi) is 4.26. The minimum atomic E-state index is -1.04. The maximum absolute atomic E-state index is 11.2. The van der Waals surface area contributed by atoms with Crippen LogP contribution in [0.2, 0.25) is 10.0 Å². The van der Waals surface area contributed by atoms with E-state index >= 15 is 0 Å². The molecule has 0 radical (unpaired) electrons. The summed E-state index contributed by atoms with van der Waals surface area (Å²) < 4.78 is 0. The summed E-state index contributed by atoms with van der Waals surface area (Å²) >= 11 is 11.9. The topological polar surface area (TPSA) is 63.1 Å². The summed E-state index contributed by atoms with van der Waals surface area (Å²) in [6.45, 7) is 3.76. The second-order valence-electron chi connectivity index (χ2n) is 4.61. The minimum Gasteiger partial charge on any atom is -0.478 e. The van der Waals surface area contributed by atoms with Crippen LogP contribution in [0.3, 0.4) is 0 Å². The predicted octanol–water partition coefficient (Wildman–Crippen LogP) is 4.27. The van der Waals surface area contributed by atoms with Crippen LogP contribution in [-0.4, -0.2) is 21.0 Å². The molecule has 0 atom stereocenters. The molecule has 0 spiro atoms. The molecule has 0 saturated carbocycles. The van der Waals surface area contributed by atoms with E-state index in [1.165, 1.54) is 6.20 Å². The van der Waals surface area contributed by atoms with Gasteiger partial charge in [0.15, 0.2) is 5.82 Å². The van der Waals surface area contributed by atoms with Crippen LogP contribution in [0.5, 0.6) is 0 Å². The van der Waals surface area contributed by atoms with Crippen molar-refractivity contribution in [3.63, 3.8) is 0 Å². The summed E-state index contributed by atoms with van der Waals surface area (Å²) in [6.07, 6.45) is 1.31. The van der Waals surface area contributed by atoms with E-state index in [0.717, 1.165) is 0 Å². The monoisotopic (exact) mass is 310 g/mol. The average molecular weight is 311 g/mol. The Hall–Kier alpha value is -1.65. The Labute approximate surface area is 126 Å². The lowest BCUT2D eigenvalue weighted by molar-refractivity contribution is 0.0694. The molecule has 104 valence electrons. The van der Waals surface area contributed by atoms with Gasteiger partial charge in [-0.1, -0.05) is 37.0 Å². The minimum absolute atomic E-state index is 0.0301. The van der Waals surface area contributed by atoms with E-state index in [0.29, 0.717) is 27.1 Å². The Morgan fingerprint density at radius 3 is 2.30 bits per heavy atom. The molecule has 0 fully saturated rings. The number of carboxylic acids is 1. The zero-order valence-corrected chi connectivity index (χ0v) is 12.4. The normalized spacial score (nSPS) is 10.8. The fourth-order valence-electron chi connectivity index (χ4n) is 1.82. The van der Waals surface area contributed by atoms with Crippen molar-refractivity contribution in [2.24, 2.45) is 0 Å². The van der Waals surface area contributed by atoms with Crippen LogP contribution < -0.4 is 0 Å². The molecule has 0 aliphatic carbocycles. The number of carboxylic acid groups (broad SMARTS) is 1. The summed E-state index contributed by atoms with van der Waals surface area (Å²) in [6, 6.07) is 4.99. The van der Waals surface area contributed by atoms with Gasteiger partial charge in [0.2, 0.25) is 0 Å². The smallest absolute Gasteiger partial charge is 0.339 e. The summed E-state index contributed by atoms with van der Waals surface area (Å²) in [5, 5.41) is 10.1. The molecular formula is C14H12Cl2N2O2. The number of carbonyl (C=O) groups is 1.